The van der Waals surface area contributed by atoms with E-state index in [0.717, 1.165) is 11.3 Å². The van der Waals surface area contributed by atoms with Crippen LogP contribution in [0.4, 0.5) is 9.52 Å². The van der Waals surface area contributed by atoms with E-state index in [0.29, 0.717) is 10.7 Å². The van der Waals surface area contributed by atoms with Crippen molar-refractivity contribution in [3.63, 3.8) is 0 Å². The number of hydrogen-bond acceptors (Lipinski definition) is 9. The maximum atomic E-state index is 12.9. The van der Waals surface area contributed by atoms with Crippen LogP contribution in [0.25, 0.3) is 11.4 Å². The van der Waals surface area contributed by atoms with Crippen LogP contribution in [-0.2, 0) is 15.6 Å². The second-order valence-electron chi connectivity index (χ2n) is 5.02. The quantitative estimate of drug-likeness (QED) is 0.670. The van der Waals surface area contributed by atoms with Crippen LogP contribution < -0.4 is 4.90 Å². The number of aromatic nitrogens is 4. The normalized spacial score (nSPS) is 11.6. The molecule has 0 amide bonds. The highest BCUT2D eigenvalue weighted by atomic mass is 32.2. The monoisotopic (exact) mass is 369 g/mol. The number of halogens is 1. The molecule has 0 aliphatic rings. The minimum Gasteiger partial charge on any atom is -0.353 e. The van der Waals surface area contributed by atoms with Crippen molar-refractivity contribution >= 4 is 26.3 Å². The third kappa shape index (κ3) is 3.41. The van der Waals surface area contributed by atoms with Crippen molar-refractivity contribution in [3.05, 3.63) is 36.0 Å². The molecule has 24 heavy (non-hydrogen) atoms. The molecule has 1 aromatic carbocycles. The molecule has 3 aromatic rings. The molecule has 0 bridgehead atoms. The summed E-state index contributed by atoms with van der Waals surface area (Å²) in [7, 11) is -0.260. The lowest BCUT2D eigenvalue weighted by atomic mass is 10.2. The topological polar surface area (TPSA) is 102 Å². The van der Waals surface area contributed by atoms with Gasteiger partial charge in [-0.15, -0.1) is 10.2 Å². The lowest BCUT2D eigenvalue weighted by Gasteiger charge is -2.03. The van der Waals surface area contributed by atoms with E-state index in [-0.39, 0.29) is 16.1 Å². The summed E-state index contributed by atoms with van der Waals surface area (Å²) in [6.07, 6.45) is 0. The Hall–Kier alpha value is -2.40. The fourth-order valence-corrected chi connectivity index (χ4v) is 3.90. The van der Waals surface area contributed by atoms with Crippen molar-refractivity contribution in [1.29, 1.82) is 0 Å². The summed E-state index contributed by atoms with van der Waals surface area (Å²) in [6.45, 7) is 0. The van der Waals surface area contributed by atoms with E-state index < -0.39 is 21.4 Å². The summed E-state index contributed by atoms with van der Waals surface area (Å²) in [5, 5.41) is 11.7. The van der Waals surface area contributed by atoms with Crippen LogP contribution in [0.15, 0.2) is 33.1 Å². The van der Waals surface area contributed by atoms with Gasteiger partial charge < -0.3 is 9.42 Å². The lowest BCUT2D eigenvalue weighted by molar-refractivity contribution is 0.389. The van der Waals surface area contributed by atoms with E-state index in [4.69, 9.17) is 4.52 Å². The Bertz CT molecular complexity index is 950. The Kier molecular flexibility index (Phi) is 4.28. The highest BCUT2D eigenvalue weighted by Crippen LogP contribution is 2.25. The van der Waals surface area contributed by atoms with Gasteiger partial charge in [0.2, 0.25) is 31.0 Å². The van der Waals surface area contributed by atoms with E-state index >= 15 is 0 Å². The molecular weight excluding hydrogens is 357 g/mol. The van der Waals surface area contributed by atoms with E-state index in [9.17, 15) is 12.8 Å². The standard InChI is InChI=1S/C13H12FN5O3S2/c1-19(2)12-16-17-13(23-12)24(20,21)7-10-15-11(18-22-10)8-3-5-9(14)6-4-8/h3-6H,7H2,1-2H3. The Morgan fingerprint density at radius 3 is 2.54 bits per heavy atom. The SMILES string of the molecule is CN(C)c1nnc(S(=O)(=O)Cc2nc(-c3ccc(F)cc3)no2)s1. The van der Waals surface area contributed by atoms with Crippen LogP contribution in [0.1, 0.15) is 5.89 Å². The number of benzene rings is 1. The molecular formula is C13H12FN5O3S2. The van der Waals surface area contributed by atoms with Crippen molar-refractivity contribution in [1.82, 2.24) is 20.3 Å². The maximum Gasteiger partial charge on any atom is 0.242 e. The van der Waals surface area contributed by atoms with Crippen molar-refractivity contribution in [2.75, 3.05) is 19.0 Å². The molecule has 0 radical (unpaired) electrons. The van der Waals surface area contributed by atoms with Crippen LogP contribution in [-0.4, -0.2) is 42.9 Å². The van der Waals surface area contributed by atoms with Gasteiger partial charge in [-0.2, -0.15) is 4.98 Å². The van der Waals surface area contributed by atoms with Crippen molar-refractivity contribution in [2.24, 2.45) is 0 Å². The molecule has 0 saturated carbocycles. The molecule has 0 fully saturated rings. The first-order valence-corrected chi connectivity index (χ1v) is 9.14. The molecule has 0 aliphatic carbocycles. The van der Waals surface area contributed by atoms with Gasteiger partial charge >= 0.3 is 0 Å². The van der Waals surface area contributed by atoms with E-state index in [1.54, 1.807) is 19.0 Å². The Morgan fingerprint density at radius 2 is 1.92 bits per heavy atom. The molecule has 0 N–H and O–H groups in total. The van der Waals surface area contributed by atoms with Gasteiger partial charge in [0, 0.05) is 19.7 Å². The second kappa shape index (κ2) is 6.24. The first kappa shape index (κ1) is 16.5. The molecule has 2 aromatic heterocycles. The molecule has 0 aliphatic heterocycles. The average Bonchev–Trinajstić information content (AvgIpc) is 3.17. The summed E-state index contributed by atoms with van der Waals surface area (Å²) in [6, 6.07) is 5.47. The van der Waals surface area contributed by atoms with Crippen LogP contribution in [0, 0.1) is 5.82 Å². The predicted octanol–water partition coefficient (Wildman–Crippen LogP) is 1.77. The zero-order valence-electron chi connectivity index (χ0n) is 12.7. The fourth-order valence-electron chi connectivity index (χ4n) is 1.76. The largest absolute Gasteiger partial charge is 0.353 e. The molecule has 0 atom stereocenters. The van der Waals surface area contributed by atoms with Crippen molar-refractivity contribution in [2.45, 2.75) is 10.1 Å². The van der Waals surface area contributed by atoms with Gasteiger partial charge in [-0.05, 0) is 24.3 Å². The van der Waals surface area contributed by atoms with Crippen molar-refractivity contribution < 1.29 is 17.3 Å². The first-order valence-electron chi connectivity index (χ1n) is 6.67. The summed E-state index contributed by atoms with van der Waals surface area (Å²) in [5.74, 6) is -0.760. The van der Waals surface area contributed by atoms with Gasteiger partial charge in [-0.3, -0.25) is 0 Å². The second-order valence-corrected chi connectivity index (χ2v) is 8.14. The molecule has 3 rings (SSSR count). The molecule has 11 heteroatoms. The van der Waals surface area contributed by atoms with Gasteiger partial charge in [-0.25, -0.2) is 12.8 Å². The lowest BCUT2D eigenvalue weighted by Crippen LogP contribution is -2.07. The summed E-state index contributed by atoms with van der Waals surface area (Å²) >= 11 is 0.956. The number of nitrogens with zero attached hydrogens (tertiary/aromatic N) is 5. The zero-order valence-corrected chi connectivity index (χ0v) is 14.3. The first-order chi connectivity index (χ1) is 11.3. The van der Waals surface area contributed by atoms with Crippen LogP contribution >= 0.6 is 11.3 Å². The Morgan fingerprint density at radius 1 is 1.21 bits per heavy atom. The highest BCUT2D eigenvalue weighted by Gasteiger charge is 2.25. The molecule has 126 valence electrons. The summed E-state index contributed by atoms with van der Waals surface area (Å²) < 4.78 is 42.5. The summed E-state index contributed by atoms with van der Waals surface area (Å²) in [5.41, 5.74) is 0.523. The number of rotatable bonds is 5. The van der Waals surface area contributed by atoms with Gasteiger partial charge in [0.25, 0.3) is 0 Å². The number of sulfone groups is 1. The van der Waals surface area contributed by atoms with E-state index in [2.05, 4.69) is 20.3 Å². The fraction of sp³-hybridized carbons (Fsp3) is 0.231. The third-order valence-electron chi connectivity index (χ3n) is 2.93. The summed E-state index contributed by atoms with van der Waals surface area (Å²) in [4.78, 5) is 5.69. The van der Waals surface area contributed by atoms with E-state index in [1.165, 1.54) is 24.3 Å². The zero-order chi connectivity index (χ0) is 17.3. The molecule has 2 heterocycles. The molecule has 8 nitrogen and oxygen atoms in total. The Balaban J connectivity index is 1.81. The third-order valence-corrected chi connectivity index (χ3v) is 6.07. The smallest absolute Gasteiger partial charge is 0.242 e. The number of hydrogen-bond donors (Lipinski definition) is 0. The van der Waals surface area contributed by atoms with Gasteiger partial charge in [0.1, 0.15) is 11.6 Å². The van der Waals surface area contributed by atoms with E-state index in [1.807, 2.05) is 0 Å². The van der Waals surface area contributed by atoms with Crippen LogP contribution in [0.5, 0.6) is 0 Å². The maximum absolute atomic E-state index is 12.9. The van der Waals surface area contributed by atoms with Crippen LogP contribution in [0.3, 0.4) is 0 Å². The predicted molar refractivity (Wildman–Crippen MR) is 84.8 cm³/mol. The molecule has 0 spiro atoms. The average molecular weight is 369 g/mol. The molecule has 0 unspecified atom stereocenters. The van der Waals surface area contributed by atoms with Gasteiger partial charge in [0.05, 0.1) is 0 Å². The highest BCUT2D eigenvalue weighted by molar-refractivity contribution is 7.92. The van der Waals surface area contributed by atoms with Gasteiger partial charge in [0.15, 0.2) is 0 Å². The number of anilines is 1. The van der Waals surface area contributed by atoms with Gasteiger partial charge in [-0.1, -0.05) is 16.5 Å². The minimum absolute atomic E-state index is 0.0732. The van der Waals surface area contributed by atoms with Crippen molar-refractivity contribution in [3.8, 4) is 11.4 Å². The van der Waals surface area contributed by atoms with Crippen LogP contribution in [0.2, 0.25) is 0 Å². The Labute approximate surface area is 140 Å². The minimum atomic E-state index is -3.74. The molecule has 0 saturated heterocycles.